The molecular formula is C13H16N6. The quantitative estimate of drug-likeness (QED) is 0.772. The number of nitrogens with one attached hydrogen (secondary N) is 1. The third-order valence-electron chi connectivity index (χ3n) is 2.90. The van der Waals surface area contributed by atoms with Crippen molar-refractivity contribution in [1.82, 2.24) is 24.4 Å². The molecule has 0 aromatic carbocycles. The van der Waals surface area contributed by atoms with Crippen LogP contribution in [0.5, 0.6) is 0 Å². The molecule has 19 heavy (non-hydrogen) atoms. The van der Waals surface area contributed by atoms with Crippen LogP contribution in [0.4, 0.5) is 5.82 Å². The molecule has 0 fully saturated rings. The minimum absolute atomic E-state index is 0.245. The number of hydrogen-bond donors (Lipinski definition) is 1. The Balaban J connectivity index is 1.82. The lowest BCUT2D eigenvalue weighted by Gasteiger charge is -2.16. The van der Waals surface area contributed by atoms with E-state index in [0.29, 0.717) is 0 Å². The molecule has 3 aromatic rings. The Morgan fingerprint density at radius 1 is 1.32 bits per heavy atom. The van der Waals surface area contributed by atoms with Crippen LogP contribution in [0.1, 0.15) is 12.6 Å². The summed E-state index contributed by atoms with van der Waals surface area (Å²) in [5.74, 6) is 0.951. The molecule has 3 aromatic heterocycles. The molecule has 0 saturated carbocycles. The molecule has 1 atom stereocenters. The summed E-state index contributed by atoms with van der Waals surface area (Å²) in [6.45, 7) is 4.90. The van der Waals surface area contributed by atoms with Crippen molar-refractivity contribution >= 4 is 11.5 Å². The minimum Gasteiger partial charge on any atom is -0.366 e. The Kier molecular flexibility index (Phi) is 2.91. The number of fused-ring (bicyclic) bond motifs is 1. The average molecular weight is 256 g/mol. The number of nitrogens with zero attached hydrogens (tertiary/aromatic N) is 5. The number of hydrogen-bond acceptors (Lipinski definition) is 4. The maximum Gasteiger partial charge on any atom is 0.157 e. The molecule has 0 spiro atoms. The maximum absolute atomic E-state index is 4.42. The molecule has 0 saturated heterocycles. The van der Waals surface area contributed by atoms with E-state index in [2.05, 4.69) is 27.4 Å². The van der Waals surface area contributed by atoms with Crippen molar-refractivity contribution in [1.29, 1.82) is 0 Å². The Labute approximate surface area is 111 Å². The van der Waals surface area contributed by atoms with E-state index in [4.69, 9.17) is 0 Å². The molecule has 0 radical (unpaired) electrons. The summed E-state index contributed by atoms with van der Waals surface area (Å²) < 4.78 is 3.72. The fourth-order valence-electron chi connectivity index (χ4n) is 2.13. The molecule has 0 aliphatic heterocycles. The van der Waals surface area contributed by atoms with Gasteiger partial charge in [0.1, 0.15) is 5.82 Å². The van der Waals surface area contributed by atoms with E-state index in [1.165, 1.54) is 0 Å². The highest BCUT2D eigenvalue weighted by Gasteiger charge is 2.08. The molecular weight excluding hydrogens is 240 g/mol. The summed E-state index contributed by atoms with van der Waals surface area (Å²) in [6, 6.07) is 6.07. The van der Waals surface area contributed by atoms with E-state index in [-0.39, 0.29) is 6.04 Å². The predicted molar refractivity (Wildman–Crippen MR) is 73.0 cm³/mol. The van der Waals surface area contributed by atoms with Crippen molar-refractivity contribution in [2.24, 2.45) is 0 Å². The first kappa shape index (κ1) is 11.7. The van der Waals surface area contributed by atoms with Crippen molar-refractivity contribution in [2.75, 3.05) is 5.32 Å². The van der Waals surface area contributed by atoms with Gasteiger partial charge in [-0.25, -0.2) is 4.98 Å². The molecule has 1 N–H and O–H groups in total. The van der Waals surface area contributed by atoms with Gasteiger partial charge in [0.2, 0.25) is 0 Å². The van der Waals surface area contributed by atoms with Gasteiger partial charge in [-0.3, -0.25) is 4.68 Å². The Hall–Kier alpha value is -2.37. The zero-order valence-electron chi connectivity index (χ0n) is 11.0. The van der Waals surface area contributed by atoms with Gasteiger partial charge in [-0.1, -0.05) is 0 Å². The fourth-order valence-corrected chi connectivity index (χ4v) is 2.13. The lowest BCUT2D eigenvalue weighted by Crippen LogP contribution is -2.23. The summed E-state index contributed by atoms with van der Waals surface area (Å²) in [6.07, 6.45) is 5.50. The molecule has 0 bridgehead atoms. The standard InChI is InChI=1S/C13H16N6/c1-10-8-13(19-12(16-10)4-6-15-19)17-11(2)9-18-7-3-5-14-18/h3-8,11,17H,9H2,1-2H3/t11-/m1/s1. The largest absolute Gasteiger partial charge is 0.366 e. The fraction of sp³-hybridized carbons (Fsp3) is 0.308. The first-order valence-corrected chi connectivity index (χ1v) is 6.28. The second kappa shape index (κ2) is 4.72. The molecule has 0 aliphatic rings. The maximum atomic E-state index is 4.42. The number of anilines is 1. The zero-order chi connectivity index (χ0) is 13.2. The van der Waals surface area contributed by atoms with E-state index in [9.17, 15) is 0 Å². The van der Waals surface area contributed by atoms with Crippen LogP contribution in [0.3, 0.4) is 0 Å². The van der Waals surface area contributed by atoms with E-state index >= 15 is 0 Å². The zero-order valence-corrected chi connectivity index (χ0v) is 11.0. The normalized spacial score (nSPS) is 12.7. The van der Waals surface area contributed by atoms with Gasteiger partial charge in [-0.15, -0.1) is 0 Å². The van der Waals surface area contributed by atoms with Crippen molar-refractivity contribution in [3.05, 3.63) is 42.5 Å². The first-order chi connectivity index (χ1) is 9.22. The number of aromatic nitrogens is 5. The third kappa shape index (κ3) is 2.42. The lowest BCUT2D eigenvalue weighted by molar-refractivity contribution is 0.558. The van der Waals surface area contributed by atoms with Crippen LogP contribution in [0.25, 0.3) is 5.65 Å². The van der Waals surface area contributed by atoms with Crippen LogP contribution in [0.15, 0.2) is 36.8 Å². The van der Waals surface area contributed by atoms with Crippen molar-refractivity contribution < 1.29 is 0 Å². The number of rotatable bonds is 4. The van der Waals surface area contributed by atoms with Crippen LogP contribution in [-0.2, 0) is 6.54 Å². The van der Waals surface area contributed by atoms with Crippen LogP contribution < -0.4 is 5.32 Å². The van der Waals surface area contributed by atoms with Gasteiger partial charge >= 0.3 is 0 Å². The Morgan fingerprint density at radius 3 is 3.00 bits per heavy atom. The molecule has 0 unspecified atom stereocenters. The first-order valence-electron chi connectivity index (χ1n) is 6.28. The SMILES string of the molecule is Cc1cc(N[C@H](C)Cn2cccn2)n2nccc2n1. The molecule has 6 heteroatoms. The van der Waals surface area contributed by atoms with Gasteiger partial charge in [-0.05, 0) is 19.9 Å². The van der Waals surface area contributed by atoms with Crippen LogP contribution in [0, 0.1) is 6.92 Å². The Bertz CT molecular complexity index is 670. The van der Waals surface area contributed by atoms with Crippen molar-refractivity contribution in [3.63, 3.8) is 0 Å². The molecule has 0 aliphatic carbocycles. The topological polar surface area (TPSA) is 60.0 Å². The van der Waals surface area contributed by atoms with Crippen molar-refractivity contribution in [2.45, 2.75) is 26.4 Å². The van der Waals surface area contributed by atoms with Gasteiger partial charge in [0.15, 0.2) is 5.65 Å². The van der Waals surface area contributed by atoms with Crippen LogP contribution in [0.2, 0.25) is 0 Å². The highest BCUT2D eigenvalue weighted by molar-refractivity contribution is 5.49. The molecule has 3 rings (SSSR count). The van der Waals surface area contributed by atoms with Gasteiger partial charge in [0.05, 0.1) is 12.7 Å². The Morgan fingerprint density at radius 2 is 2.21 bits per heavy atom. The lowest BCUT2D eigenvalue weighted by atomic mass is 10.3. The monoisotopic (exact) mass is 256 g/mol. The molecule has 98 valence electrons. The summed E-state index contributed by atoms with van der Waals surface area (Å²) in [7, 11) is 0. The molecule has 0 amide bonds. The molecule has 6 nitrogen and oxygen atoms in total. The smallest absolute Gasteiger partial charge is 0.157 e. The van der Waals surface area contributed by atoms with Gasteiger partial charge in [0.25, 0.3) is 0 Å². The summed E-state index contributed by atoms with van der Waals surface area (Å²) in [5, 5.41) is 11.9. The van der Waals surface area contributed by atoms with Crippen LogP contribution in [-0.4, -0.2) is 30.4 Å². The summed E-state index contributed by atoms with van der Waals surface area (Å²) in [4.78, 5) is 4.42. The second-order valence-corrected chi connectivity index (χ2v) is 4.66. The van der Waals surface area contributed by atoms with Gasteiger partial charge in [-0.2, -0.15) is 14.7 Å². The van der Waals surface area contributed by atoms with E-state index < -0.39 is 0 Å². The highest BCUT2D eigenvalue weighted by Crippen LogP contribution is 2.13. The van der Waals surface area contributed by atoms with Crippen molar-refractivity contribution in [3.8, 4) is 0 Å². The highest BCUT2D eigenvalue weighted by atomic mass is 15.3. The summed E-state index contributed by atoms with van der Waals surface area (Å²) in [5.41, 5.74) is 1.83. The van der Waals surface area contributed by atoms with E-state index in [0.717, 1.165) is 23.7 Å². The molecule has 3 heterocycles. The minimum atomic E-state index is 0.245. The predicted octanol–water partition coefficient (Wildman–Crippen LogP) is 1.73. The second-order valence-electron chi connectivity index (χ2n) is 4.66. The summed E-state index contributed by atoms with van der Waals surface area (Å²) >= 11 is 0. The van der Waals surface area contributed by atoms with Gasteiger partial charge < -0.3 is 5.32 Å². The van der Waals surface area contributed by atoms with E-state index in [1.54, 1.807) is 12.4 Å². The number of aryl methyl sites for hydroxylation is 1. The van der Waals surface area contributed by atoms with E-state index in [1.807, 2.05) is 40.5 Å². The van der Waals surface area contributed by atoms with Crippen LogP contribution >= 0.6 is 0 Å². The average Bonchev–Trinajstić information content (AvgIpc) is 2.99. The third-order valence-corrected chi connectivity index (χ3v) is 2.90. The van der Waals surface area contributed by atoms with Gasteiger partial charge in [0, 0.05) is 36.3 Å².